The van der Waals surface area contributed by atoms with Gasteiger partial charge in [-0.25, -0.2) is 0 Å². The Hall–Kier alpha value is -2.63. The second-order valence-electron chi connectivity index (χ2n) is 6.41. The van der Waals surface area contributed by atoms with E-state index in [0.717, 1.165) is 33.1 Å². The van der Waals surface area contributed by atoms with Gasteiger partial charge >= 0.3 is 0 Å². The van der Waals surface area contributed by atoms with E-state index in [4.69, 9.17) is 16.0 Å². The van der Waals surface area contributed by atoms with Gasteiger partial charge in [0.25, 0.3) is 0 Å². The first-order chi connectivity index (χ1) is 13.7. The van der Waals surface area contributed by atoms with Gasteiger partial charge in [-0.3, -0.25) is 4.79 Å². The molecule has 0 radical (unpaired) electrons. The van der Waals surface area contributed by atoms with E-state index in [1.807, 2.05) is 48.5 Å². The van der Waals surface area contributed by atoms with E-state index in [2.05, 4.69) is 28.2 Å². The third kappa shape index (κ3) is 4.43. The highest BCUT2D eigenvalue weighted by molar-refractivity contribution is 8.00. The zero-order valence-electron chi connectivity index (χ0n) is 15.1. The van der Waals surface area contributed by atoms with Crippen molar-refractivity contribution in [3.8, 4) is 0 Å². The largest absolute Gasteiger partial charge is 0.467 e. The molecule has 0 spiro atoms. The van der Waals surface area contributed by atoms with Crippen molar-refractivity contribution in [2.24, 2.45) is 0 Å². The fraction of sp³-hybridized carbons (Fsp3) is 0.136. The van der Waals surface area contributed by atoms with Crippen LogP contribution < -0.4 is 5.32 Å². The topological polar surface area (TPSA) is 47.2 Å². The van der Waals surface area contributed by atoms with Crippen LogP contribution in [0.2, 0.25) is 5.02 Å². The molecule has 1 amide bonds. The lowest BCUT2D eigenvalue weighted by molar-refractivity contribution is -0.118. The number of nitrogens with zero attached hydrogens (tertiary/aromatic N) is 1. The van der Waals surface area contributed by atoms with Gasteiger partial charge in [0.2, 0.25) is 5.91 Å². The Labute approximate surface area is 172 Å². The molecule has 0 saturated carbocycles. The van der Waals surface area contributed by atoms with E-state index in [1.165, 1.54) is 5.56 Å². The van der Waals surface area contributed by atoms with Gasteiger partial charge in [-0.1, -0.05) is 41.9 Å². The standard InChI is InChI=1S/C22H19ClN2O2S/c23-17-9-7-16(8-10-17)13-25-14-21(19-5-1-2-6-20(19)25)28-15-22(26)24-12-18-4-3-11-27-18/h1-11,14H,12-13,15H2,(H,24,26). The first-order valence-corrected chi connectivity index (χ1v) is 10.3. The van der Waals surface area contributed by atoms with Gasteiger partial charge < -0.3 is 14.3 Å². The smallest absolute Gasteiger partial charge is 0.230 e. The number of aromatic nitrogens is 1. The summed E-state index contributed by atoms with van der Waals surface area (Å²) in [5.74, 6) is 1.09. The molecule has 4 rings (SSSR count). The molecule has 0 fully saturated rings. The second kappa shape index (κ2) is 8.59. The zero-order valence-corrected chi connectivity index (χ0v) is 16.7. The molecule has 0 bridgehead atoms. The highest BCUT2D eigenvalue weighted by Gasteiger charge is 2.11. The lowest BCUT2D eigenvalue weighted by Crippen LogP contribution is -2.24. The van der Waals surface area contributed by atoms with E-state index in [-0.39, 0.29) is 5.91 Å². The minimum Gasteiger partial charge on any atom is -0.467 e. The number of para-hydroxylation sites is 1. The van der Waals surface area contributed by atoms with Crippen LogP contribution in [0.5, 0.6) is 0 Å². The van der Waals surface area contributed by atoms with Crippen molar-refractivity contribution in [1.82, 2.24) is 9.88 Å². The van der Waals surface area contributed by atoms with E-state index in [0.29, 0.717) is 12.3 Å². The summed E-state index contributed by atoms with van der Waals surface area (Å²) in [5.41, 5.74) is 2.33. The van der Waals surface area contributed by atoms with E-state index >= 15 is 0 Å². The van der Waals surface area contributed by atoms with Crippen molar-refractivity contribution in [3.63, 3.8) is 0 Å². The lowest BCUT2D eigenvalue weighted by atomic mass is 10.2. The van der Waals surface area contributed by atoms with Gasteiger partial charge in [0.1, 0.15) is 5.76 Å². The predicted octanol–water partition coefficient (Wildman–Crippen LogP) is 5.34. The lowest BCUT2D eigenvalue weighted by Gasteiger charge is -2.05. The molecular formula is C22H19ClN2O2S. The summed E-state index contributed by atoms with van der Waals surface area (Å²) in [6, 6.07) is 19.8. The third-order valence-electron chi connectivity index (χ3n) is 4.42. The molecule has 1 N–H and O–H groups in total. The molecule has 2 aromatic carbocycles. The number of rotatable bonds is 7. The quantitative estimate of drug-likeness (QED) is 0.418. The van der Waals surface area contributed by atoms with E-state index in [9.17, 15) is 4.79 Å². The first-order valence-electron chi connectivity index (χ1n) is 8.93. The number of carbonyl (C=O) groups excluding carboxylic acids is 1. The minimum atomic E-state index is -0.0177. The minimum absolute atomic E-state index is 0.0177. The number of fused-ring (bicyclic) bond motifs is 1. The molecule has 4 nitrogen and oxygen atoms in total. The van der Waals surface area contributed by atoms with Crippen LogP contribution in [0.25, 0.3) is 10.9 Å². The van der Waals surface area contributed by atoms with Crippen LogP contribution in [0.3, 0.4) is 0 Å². The van der Waals surface area contributed by atoms with Gasteiger partial charge in [0.15, 0.2) is 0 Å². The number of carbonyl (C=O) groups is 1. The molecule has 0 aliphatic rings. The number of hydrogen-bond acceptors (Lipinski definition) is 3. The van der Waals surface area contributed by atoms with Crippen molar-refractivity contribution in [1.29, 1.82) is 0 Å². The van der Waals surface area contributed by atoms with Crippen LogP contribution in [0.4, 0.5) is 0 Å². The highest BCUT2D eigenvalue weighted by Crippen LogP contribution is 2.30. The zero-order chi connectivity index (χ0) is 19.3. The second-order valence-corrected chi connectivity index (χ2v) is 7.86. The van der Waals surface area contributed by atoms with Crippen LogP contribution in [0.15, 0.2) is 82.4 Å². The van der Waals surface area contributed by atoms with Crippen molar-refractivity contribution >= 4 is 40.2 Å². The molecule has 4 aromatic rings. The van der Waals surface area contributed by atoms with Crippen molar-refractivity contribution in [2.45, 2.75) is 18.0 Å². The number of thioether (sulfide) groups is 1. The molecule has 6 heteroatoms. The Kier molecular flexibility index (Phi) is 5.74. The van der Waals surface area contributed by atoms with Crippen LogP contribution in [-0.4, -0.2) is 16.2 Å². The monoisotopic (exact) mass is 410 g/mol. The number of benzene rings is 2. The summed E-state index contributed by atoms with van der Waals surface area (Å²) in [6.07, 6.45) is 3.72. The Bertz CT molecular complexity index is 1070. The Morgan fingerprint density at radius 1 is 1.07 bits per heavy atom. The van der Waals surface area contributed by atoms with Gasteiger partial charge in [-0.05, 0) is 35.9 Å². The van der Waals surface area contributed by atoms with E-state index in [1.54, 1.807) is 18.0 Å². The summed E-state index contributed by atoms with van der Waals surface area (Å²) in [5, 5.41) is 4.77. The van der Waals surface area contributed by atoms with Crippen molar-refractivity contribution in [3.05, 3.63) is 89.5 Å². The maximum atomic E-state index is 12.2. The number of hydrogen-bond donors (Lipinski definition) is 1. The highest BCUT2D eigenvalue weighted by atomic mass is 35.5. The van der Waals surface area contributed by atoms with Crippen molar-refractivity contribution in [2.75, 3.05) is 5.75 Å². The Morgan fingerprint density at radius 2 is 1.89 bits per heavy atom. The molecule has 142 valence electrons. The van der Waals surface area contributed by atoms with Gasteiger partial charge in [0.05, 0.1) is 18.6 Å². The Balaban J connectivity index is 1.46. The molecular weight excluding hydrogens is 392 g/mol. The molecule has 0 atom stereocenters. The molecule has 28 heavy (non-hydrogen) atoms. The summed E-state index contributed by atoms with van der Waals surface area (Å²) < 4.78 is 7.45. The fourth-order valence-corrected chi connectivity index (χ4v) is 4.08. The average molecular weight is 411 g/mol. The SMILES string of the molecule is O=C(CSc1cn(Cc2ccc(Cl)cc2)c2ccccc12)NCc1ccco1. The van der Waals surface area contributed by atoms with Gasteiger partial charge in [-0.15, -0.1) is 11.8 Å². The van der Waals surface area contributed by atoms with E-state index < -0.39 is 0 Å². The molecule has 0 aliphatic heterocycles. The van der Waals surface area contributed by atoms with Crippen molar-refractivity contribution < 1.29 is 9.21 Å². The number of halogens is 1. The molecule has 2 heterocycles. The Morgan fingerprint density at radius 3 is 2.68 bits per heavy atom. The van der Waals surface area contributed by atoms with Crippen LogP contribution in [0, 0.1) is 0 Å². The summed E-state index contributed by atoms with van der Waals surface area (Å²) in [6.45, 7) is 1.16. The average Bonchev–Trinajstić information content (AvgIpc) is 3.35. The van der Waals surface area contributed by atoms with Crippen LogP contribution in [0.1, 0.15) is 11.3 Å². The summed E-state index contributed by atoms with van der Waals surface area (Å²) >= 11 is 7.53. The fourth-order valence-electron chi connectivity index (χ4n) is 3.04. The maximum Gasteiger partial charge on any atom is 0.230 e. The van der Waals surface area contributed by atoms with Gasteiger partial charge in [0, 0.05) is 33.6 Å². The normalized spacial score (nSPS) is 11.0. The molecule has 0 saturated heterocycles. The van der Waals surface area contributed by atoms with Crippen LogP contribution >= 0.6 is 23.4 Å². The summed E-state index contributed by atoms with van der Waals surface area (Å²) in [7, 11) is 0. The van der Waals surface area contributed by atoms with Gasteiger partial charge in [-0.2, -0.15) is 0 Å². The maximum absolute atomic E-state index is 12.2. The number of nitrogens with one attached hydrogen (secondary N) is 1. The molecule has 0 aliphatic carbocycles. The number of furan rings is 1. The third-order valence-corrected chi connectivity index (χ3v) is 5.71. The molecule has 2 aromatic heterocycles. The summed E-state index contributed by atoms with van der Waals surface area (Å²) in [4.78, 5) is 13.3. The predicted molar refractivity (Wildman–Crippen MR) is 114 cm³/mol. The molecule has 0 unspecified atom stereocenters. The van der Waals surface area contributed by atoms with Crippen LogP contribution in [-0.2, 0) is 17.9 Å². The number of amides is 1. The first kappa shape index (κ1) is 18.7.